The molecule has 0 radical (unpaired) electrons. The van der Waals surface area contributed by atoms with E-state index in [1.807, 2.05) is 18.2 Å². The molecule has 1 aliphatic carbocycles. The van der Waals surface area contributed by atoms with E-state index in [-0.39, 0.29) is 11.8 Å². The Morgan fingerprint density at radius 2 is 1.86 bits per heavy atom. The average molecular weight is 580 g/mol. The van der Waals surface area contributed by atoms with Crippen LogP contribution in [0.2, 0.25) is 0 Å². The maximum Gasteiger partial charge on any atom is 0.490 e. The number of hydrogen-bond acceptors (Lipinski definition) is 6. The summed E-state index contributed by atoms with van der Waals surface area (Å²) in [6.45, 7) is 4.05. The summed E-state index contributed by atoms with van der Waals surface area (Å²) in [5.74, 6) is -1.75. The lowest BCUT2D eigenvalue weighted by Gasteiger charge is -2.29. The Bertz CT molecular complexity index is 1680. The molecule has 1 saturated carbocycles. The van der Waals surface area contributed by atoms with Gasteiger partial charge in [0.05, 0.1) is 23.7 Å². The molecule has 9 nitrogen and oxygen atoms in total. The van der Waals surface area contributed by atoms with Crippen LogP contribution in [0.5, 0.6) is 5.75 Å². The van der Waals surface area contributed by atoms with E-state index in [4.69, 9.17) is 14.6 Å². The van der Waals surface area contributed by atoms with Gasteiger partial charge in [-0.1, -0.05) is 24.3 Å². The minimum Gasteiger partial charge on any atom is -0.497 e. The number of aliphatic carboxylic acids is 1. The number of ether oxygens (including phenoxy) is 1. The van der Waals surface area contributed by atoms with Crippen molar-refractivity contribution in [3.8, 4) is 17.0 Å². The molecule has 218 valence electrons. The summed E-state index contributed by atoms with van der Waals surface area (Å²) in [7, 11) is 1.66. The lowest BCUT2D eigenvalue weighted by atomic mass is 9.91. The number of hydrogen-bond donors (Lipinski definition) is 4. The summed E-state index contributed by atoms with van der Waals surface area (Å²) in [4.78, 5) is 24.3. The Hall–Kier alpha value is -4.58. The standard InChI is InChI=1S/C28H27N5O2.C2HF3O2/c1-35-20-6-8-24-22(15-20)28(27(34)30-24)16-23(28)17-5-7-21-25(14-17)31-32-26(21)18-3-2-4-19(13-18)33-11-9-29-10-12-33;3-2(4,5)1(6)7/h2-8,13-15,23,29H,9-12,16H2,1H3,(H,30,34)(H,31,32);(H,6,7)/t23-,28-;/m0./s1. The molecule has 1 amide bonds. The number of anilines is 2. The minimum absolute atomic E-state index is 0.0841. The highest BCUT2D eigenvalue weighted by atomic mass is 19.4. The first kappa shape index (κ1) is 27.6. The van der Waals surface area contributed by atoms with Crippen molar-refractivity contribution in [2.75, 3.05) is 43.5 Å². The fourth-order valence-electron chi connectivity index (χ4n) is 5.95. The van der Waals surface area contributed by atoms with Gasteiger partial charge in [0.2, 0.25) is 5.91 Å². The summed E-state index contributed by atoms with van der Waals surface area (Å²) >= 11 is 0. The smallest absolute Gasteiger partial charge is 0.490 e. The van der Waals surface area contributed by atoms with Crippen LogP contribution in [-0.4, -0.2) is 66.6 Å². The number of aromatic amines is 1. The van der Waals surface area contributed by atoms with Crippen molar-refractivity contribution < 1.29 is 32.6 Å². The van der Waals surface area contributed by atoms with Gasteiger partial charge in [0.25, 0.3) is 0 Å². The van der Waals surface area contributed by atoms with Gasteiger partial charge in [0.1, 0.15) is 5.75 Å². The number of aromatic nitrogens is 2. The highest BCUT2D eigenvalue weighted by molar-refractivity contribution is 6.10. The summed E-state index contributed by atoms with van der Waals surface area (Å²) in [6.07, 6.45) is -4.28. The SMILES string of the molecule is COc1ccc2c(c1)[C@]1(C[C@H]1c1ccc3c(-c4cccc(N5CCNCC5)c4)n[nH]c3c1)C(=O)N2.O=C(O)C(F)(F)F. The zero-order chi connectivity index (χ0) is 29.6. The number of carbonyl (C=O) groups excluding carboxylic acids is 1. The predicted molar refractivity (Wildman–Crippen MR) is 151 cm³/mol. The summed E-state index contributed by atoms with van der Waals surface area (Å²) in [6, 6.07) is 20.9. The first-order chi connectivity index (χ1) is 20.1. The third-order valence-corrected chi connectivity index (χ3v) is 8.16. The predicted octanol–water partition coefficient (Wildman–Crippen LogP) is 4.66. The topological polar surface area (TPSA) is 120 Å². The van der Waals surface area contributed by atoms with Crippen molar-refractivity contribution in [3.63, 3.8) is 0 Å². The zero-order valence-electron chi connectivity index (χ0n) is 22.6. The van der Waals surface area contributed by atoms with Crippen LogP contribution < -0.4 is 20.3 Å². The Morgan fingerprint density at radius 1 is 1.10 bits per heavy atom. The molecule has 3 heterocycles. The molecular weight excluding hydrogens is 551 g/mol. The number of carboxylic acids is 1. The second-order valence-electron chi connectivity index (χ2n) is 10.6. The van der Waals surface area contributed by atoms with Gasteiger partial charge < -0.3 is 25.4 Å². The van der Waals surface area contributed by atoms with Crippen molar-refractivity contribution in [2.45, 2.75) is 23.9 Å². The lowest BCUT2D eigenvalue weighted by Crippen LogP contribution is -2.43. The van der Waals surface area contributed by atoms with Gasteiger partial charge in [0, 0.05) is 54.4 Å². The molecule has 0 unspecified atom stereocenters. The summed E-state index contributed by atoms with van der Waals surface area (Å²) in [5, 5.41) is 22.6. The number of benzene rings is 3. The molecule has 3 aromatic carbocycles. The van der Waals surface area contributed by atoms with Crippen LogP contribution in [0, 0.1) is 0 Å². The van der Waals surface area contributed by atoms with E-state index >= 15 is 0 Å². The first-order valence-corrected chi connectivity index (χ1v) is 13.5. The summed E-state index contributed by atoms with van der Waals surface area (Å²) in [5.41, 5.74) is 6.90. The number of carboxylic acid groups (broad SMARTS) is 1. The number of fused-ring (bicyclic) bond motifs is 3. The van der Waals surface area contributed by atoms with E-state index < -0.39 is 17.6 Å². The molecule has 2 aliphatic heterocycles. The Labute approximate surface area is 238 Å². The van der Waals surface area contributed by atoms with E-state index in [0.717, 1.165) is 77.3 Å². The highest BCUT2D eigenvalue weighted by Gasteiger charge is 2.65. The van der Waals surface area contributed by atoms with Crippen LogP contribution >= 0.6 is 0 Å². The van der Waals surface area contributed by atoms with Gasteiger partial charge in [-0.3, -0.25) is 9.89 Å². The van der Waals surface area contributed by atoms with Gasteiger partial charge in [-0.15, -0.1) is 0 Å². The Balaban J connectivity index is 0.000000405. The van der Waals surface area contributed by atoms with Crippen molar-refractivity contribution in [2.24, 2.45) is 0 Å². The molecule has 2 atom stereocenters. The highest BCUT2D eigenvalue weighted by Crippen LogP contribution is 2.65. The number of piperazine rings is 1. The molecule has 2 fully saturated rings. The molecule has 4 N–H and O–H groups in total. The Kier molecular flexibility index (Phi) is 6.80. The monoisotopic (exact) mass is 579 g/mol. The number of carbonyl (C=O) groups is 2. The van der Waals surface area contributed by atoms with Gasteiger partial charge in [-0.25, -0.2) is 4.79 Å². The molecule has 1 aromatic heterocycles. The van der Waals surface area contributed by atoms with Crippen LogP contribution in [-0.2, 0) is 15.0 Å². The normalized spacial score (nSPS) is 21.0. The largest absolute Gasteiger partial charge is 0.497 e. The second-order valence-corrected chi connectivity index (χ2v) is 10.6. The van der Waals surface area contributed by atoms with Crippen molar-refractivity contribution in [1.82, 2.24) is 15.5 Å². The lowest BCUT2D eigenvalue weighted by molar-refractivity contribution is -0.192. The quantitative estimate of drug-likeness (QED) is 0.278. The number of rotatable bonds is 4. The van der Waals surface area contributed by atoms with Crippen molar-refractivity contribution in [1.29, 1.82) is 0 Å². The van der Waals surface area contributed by atoms with E-state index in [9.17, 15) is 18.0 Å². The molecule has 1 saturated heterocycles. The van der Waals surface area contributed by atoms with Gasteiger partial charge in [-0.05, 0) is 53.9 Å². The van der Waals surface area contributed by atoms with Crippen LogP contribution in [0.1, 0.15) is 23.5 Å². The molecule has 4 aromatic rings. The fraction of sp³-hybridized carbons (Fsp3) is 0.300. The van der Waals surface area contributed by atoms with E-state index in [2.05, 4.69) is 68.2 Å². The molecule has 7 rings (SSSR count). The first-order valence-electron chi connectivity index (χ1n) is 13.5. The van der Waals surface area contributed by atoms with Crippen LogP contribution in [0.4, 0.5) is 24.5 Å². The van der Waals surface area contributed by atoms with Crippen LogP contribution in [0.25, 0.3) is 22.2 Å². The number of H-pyrrole nitrogens is 1. The minimum atomic E-state index is -5.08. The molecule has 42 heavy (non-hydrogen) atoms. The van der Waals surface area contributed by atoms with Crippen LogP contribution in [0.15, 0.2) is 60.7 Å². The van der Waals surface area contributed by atoms with Crippen LogP contribution in [0.3, 0.4) is 0 Å². The Morgan fingerprint density at radius 3 is 2.57 bits per heavy atom. The molecular formula is C30H28F3N5O4. The molecule has 3 aliphatic rings. The van der Waals surface area contributed by atoms with Crippen molar-refractivity contribution in [3.05, 3.63) is 71.8 Å². The van der Waals surface area contributed by atoms with E-state index in [1.165, 1.54) is 5.69 Å². The number of amides is 1. The molecule has 1 spiro atoms. The van der Waals surface area contributed by atoms with E-state index in [1.54, 1.807) is 7.11 Å². The number of halogens is 3. The summed E-state index contributed by atoms with van der Waals surface area (Å²) < 4.78 is 37.2. The number of nitrogens with zero attached hydrogens (tertiary/aromatic N) is 2. The van der Waals surface area contributed by atoms with E-state index in [0.29, 0.717) is 0 Å². The number of nitrogens with one attached hydrogen (secondary N) is 3. The van der Waals surface area contributed by atoms with Gasteiger partial charge >= 0.3 is 12.1 Å². The average Bonchev–Trinajstić information content (AvgIpc) is 3.51. The number of alkyl halides is 3. The van der Waals surface area contributed by atoms with Gasteiger partial charge in [-0.2, -0.15) is 18.3 Å². The van der Waals surface area contributed by atoms with Crippen molar-refractivity contribution >= 4 is 34.2 Å². The number of methoxy groups -OCH3 is 1. The third-order valence-electron chi connectivity index (χ3n) is 8.16. The second kappa shape index (κ2) is 10.4. The molecule has 12 heteroatoms. The third kappa shape index (κ3) is 4.81. The van der Waals surface area contributed by atoms with Gasteiger partial charge in [0.15, 0.2) is 0 Å². The maximum atomic E-state index is 13.0. The fourth-order valence-corrected chi connectivity index (χ4v) is 5.95. The maximum absolute atomic E-state index is 13.0. The molecule has 0 bridgehead atoms. The zero-order valence-corrected chi connectivity index (χ0v) is 22.6.